The van der Waals surface area contributed by atoms with Crippen molar-refractivity contribution in [3.05, 3.63) is 56.1 Å². The second kappa shape index (κ2) is 8.59. The zero-order valence-electron chi connectivity index (χ0n) is 23.6. The van der Waals surface area contributed by atoms with Crippen molar-refractivity contribution in [2.75, 3.05) is 13.7 Å². The van der Waals surface area contributed by atoms with Crippen LogP contribution >= 0.6 is 11.6 Å². The summed E-state index contributed by atoms with van der Waals surface area (Å²) in [7, 11) is 0.956. The summed E-state index contributed by atoms with van der Waals surface area (Å²) in [6.07, 6.45) is -4.29. The van der Waals surface area contributed by atoms with Crippen LogP contribution in [0.2, 0.25) is 5.02 Å². The summed E-state index contributed by atoms with van der Waals surface area (Å²) in [5.74, 6) is -10.2. The van der Waals surface area contributed by atoms with Gasteiger partial charge in [0.1, 0.15) is 57.9 Å². The Kier molecular flexibility index (Phi) is 5.38. The van der Waals surface area contributed by atoms with Gasteiger partial charge in [-0.05, 0) is 30.5 Å². The third kappa shape index (κ3) is 2.82. The van der Waals surface area contributed by atoms with Gasteiger partial charge in [-0.1, -0.05) is 11.6 Å². The summed E-state index contributed by atoms with van der Waals surface area (Å²) in [6.45, 7) is -0.876. The lowest BCUT2D eigenvalue weighted by Crippen LogP contribution is -2.62. The number of aliphatic hydroxyl groups is 4. The van der Waals surface area contributed by atoms with E-state index in [0.717, 1.165) is 19.2 Å². The van der Waals surface area contributed by atoms with Crippen LogP contribution in [0.1, 0.15) is 51.4 Å². The molecule has 14 nitrogen and oxygen atoms in total. The molecule has 46 heavy (non-hydrogen) atoms. The number of ether oxygens (including phenoxy) is 3. The molecule has 2 bridgehead atoms. The smallest absolute Gasteiger partial charge is 0.358 e. The van der Waals surface area contributed by atoms with Gasteiger partial charge in [-0.2, -0.15) is 0 Å². The molecule has 2 saturated carbocycles. The molecule has 6 atom stereocenters. The van der Waals surface area contributed by atoms with Crippen LogP contribution in [0.3, 0.4) is 0 Å². The fourth-order valence-electron chi connectivity index (χ4n) is 8.39. The van der Waals surface area contributed by atoms with Crippen molar-refractivity contribution < 1.29 is 69.1 Å². The quantitative estimate of drug-likeness (QED) is 0.137. The van der Waals surface area contributed by atoms with E-state index in [9.17, 15) is 54.9 Å². The van der Waals surface area contributed by atoms with Gasteiger partial charge in [0.15, 0.2) is 17.3 Å². The summed E-state index contributed by atoms with van der Waals surface area (Å²) in [5.41, 5.74) is -9.93. The second-order valence-electron chi connectivity index (χ2n) is 12.3. The minimum absolute atomic E-state index is 0.132. The minimum Gasteiger partial charge on any atom is -0.507 e. The van der Waals surface area contributed by atoms with Crippen LogP contribution in [0.4, 0.5) is 0 Å². The highest BCUT2D eigenvalue weighted by Gasteiger charge is 2.82. The van der Waals surface area contributed by atoms with Crippen LogP contribution in [0, 0.1) is 5.41 Å². The van der Waals surface area contributed by atoms with Crippen molar-refractivity contribution in [3.8, 4) is 23.0 Å². The number of benzene rings is 2. The lowest BCUT2D eigenvalue weighted by Gasteiger charge is -2.44. The Labute approximate surface area is 262 Å². The molecule has 3 fully saturated rings. The number of epoxide rings is 1. The Bertz CT molecular complexity index is 1990. The van der Waals surface area contributed by atoms with Gasteiger partial charge in [0.25, 0.3) is 5.60 Å². The van der Waals surface area contributed by atoms with E-state index in [1.54, 1.807) is 0 Å². The van der Waals surface area contributed by atoms with Crippen LogP contribution in [0.5, 0.6) is 23.0 Å². The Morgan fingerprint density at radius 3 is 2.33 bits per heavy atom. The number of carbonyl (C=O) groups excluding carboxylic acids is 4. The molecule has 5 aliphatic carbocycles. The number of fused-ring (bicyclic) bond motifs is 3. The topological polar surface area (TPSA) is 241 Å². The zero-order valence-corrected chi connectivity index (χ0v) is 24.3. The van der Waals surface area contributed by atoms with Crippen molar-refractivity contribution in [1.82, 2.24) is 0 Å². The highest BCUT2D eigenvalue weighted by molar-refractivity contribution is 6.34. The highest BCUT2D eigenvalue weighted by atomic mass is 35.5. The number of esters is 1. The highest BCUT2D eigenvalue weighted by Crippen LogP contribution is 2.72. The first-order chi connectivity index (χ1) is 21.8. The van der Waals surface area contributed by atoms with E-state index < -0.39 is 138 Å². The molecule has 2 aliphatic heterocycles. The van der Waals surface area contributed by atoms with E-state index in [0.29, 0.717) is 0 Å². The molecule has 9 rings (SSSR count). The number of phenols is 3. The number of methoxy groups -OCH3 is 1. The van der Waals surface area contributed by atoms with E-state index in [2.05, 4.69) is 0 Å². The second-order valence-corrected chi connectivity index (χ2v) is 12.6. The molecule has 7 aliphatic rings. The number of ketones is 3. The average Bonchev–Trinajstić information content (AvgIpc) is 3.80. The molecule has 2 heterocycles. The Morgan fingerprint density at radius 1 is 1.02 bits per heavy atom. The number of aromatic hydroxyl groups is 3. The third-order valence-corrected chi connectivity index (χ3v) is 10.8. The SMILES string of the molecule is COC(=O)[C@@]12Oc3c(c(O)c(Cl)c4c3[C@@H]3C(=O)C5=C(O)c6c(O)ccc(O)c6C(=O)[C@@]5(C4)C4OC43CO)C(O)=C1C(=O)CC[C@H]2O. The third-order valence-electron chi connectivity index (χ3n) is 10.4. The number of halogens is 1. The minimum atomic E-state index is -2.66. The van der Waals surface area contributed by atoms with Gasteiger partial charge in [-0.3, -0.25) is 14.4 Å². The Balaban J connectivity index is 1.50. The van der Waals surface area contributed by atoms with Gasteiger partial charge >= 0.3 is 5.97 Å². The van der Waals surface area contributed by atoms with Gasteiger partial charge in [0.2, 0.25) is 0 Å². The van der Waals surface area contributed by atoms with E-state index in [-0.39, 0.29) is 24.0 Å². The zero-order chi connectivity index (χ0) is 33.0. The Morgan fingerprint density at radius 2 is 1.67 bits per heavy atom. The molecule has 238 valence electrons. The summed E-state index contributed by atoms with van der Waals surface area (Å²) in [5, 5.41) is 77.3. The number of aliphatic hydroxyl groups excluding tert-OH is 4. The van der Waals surface area contributed by atoms with Crippen molar-refractivity contribution in [2.45, 2.75) is 48.6 Å². The summed E-state index contributed by atoms with van der Waals surface area (Å²) >= 11 is 6.72. The largest absolute Gasteiger partial charge is 0.507 e. The standard InChI is InChI=1S/C31H23ClO14/c1-44-28(43)31-12(37)5-4-11(36)17(31)22(39)16-23(40)20(32)8-6-29-19(21(38)14-9(34)2-3-10(35)15(14)26(29)42)24(41)18(13(8)25(16)45-31)30(7-33)27(29)46-30/h2-3,12,18,27,33-35,37-40H,4-7H2,1H3/t12-,18-,27?,29+,30?,31+/m1/s1. The molecule has 0 amide bonds. The molecule has 0 radical (unpaired) electrons. The lowest BCUT2D eigenvalue weighted by molar-refractivity contribution is -0.169. The van der Waals surface area contributed by atoms with Crippen molar-refractivity contribution in [2.24, 2.45) is 5.41 Å². The summed E-state index contributed by atoms with van der Waals surface area (Å²) in [6, 6.07) is 2.04. The van der Waals surface area contributed by atoms with E-state index in [4.69, 9.17) is 25.8 Å². The molecule has 2 unspecified atom stereocenters. The number of phenolic OH excluding ortho intramolecular Hbond substituents is 3. The first kappa shape index (κ1) is 28.8. The number of carbonyl (C=O) groups is 4. The first-order valence-electron chi connectivity index (χ1n) is 14.1. The monoisotopic (exact) mass is 654 g/mol. The maximum absolute atomic E-state index is 14.7. The molecule has 7 N–H and O–H groups in total. The van der Waals surface area contributed by atoms with Gasteiger partial charge in [0.05, 0.1) is 52.3 Å². The molecule has 2 aromatic carbocycles. The van der Waals surface area contributed by atoms with Gasteiger partial charge in [-0.15, -0.1) is 0 Å². The van der Waals surface area contributed by atoms with Crippen LogP contribution in [-0.4, -0.2) is 96.2 Å². The van der Waals surface area contributed by atoms with E-state index in [1.165, 1.54) is 0 Å². The molecule has 0 aromatic heterocycles. The van der Waals surface area contributed by atoms with Crippen molar-refractivity contribution in [3.63, 3.8) is 0 Å². The fourth-order valence-corrected chi connectivity index (χ4v) is 8.66. The van der Waals surface area contributed by atoms with Gasteiger partial charge in [-0.25, -0.2) is 4.79 Å². The van der Waals surface area contributed by atoms with E-state index >= 15 is 0 Å². The molecular formula is C31H23ClO14. The predicted octanol–water partition coefficient (Wildman–Crippen LogP) is 1.26. The maximum Gasteiger partial charge on any atom is 0.358 e. The fraction of sp³-hybridized carbons (Fsp3) is 0.355. The molecular weight excluding hydrogens is 632 g/mol. The number of hydrogen-bond donors (Lipinski definition) is 7. The van der Waals surface area contributed by atoms with Crippen LogP contribution in [0.15, 0.2) is 23.3 Å². The van der Waals surface area contributed by atoms with Crippen LogP contribution in [0.25, 0.3) is 11.5 Å². The first-order valence-corrected chi connectivity index (χ1v) is 14.5. The Hall–Kier alpha value is -4.63. The number of Topliss-reactive ketones (excluding diaryl/α,β-unsaturated/α-hetero) is 3. The summed E-state index contributed by atoms with van der Waals surface area (Å²) < 4.78 is 17.0. The van der Waals surface area contributed by atoms with Crippen LogP contribution in [-0.2, 0) is 30.3 Å². The van der Waals surface area contributed by atoms with Gasteiger partial charge in [0, 0.05) is 12.0 Å². The average molecular weight is 655 g/mol. The van der Waals surface area contributed by atoms with E-state index in [1.807, 2.05) is 0 Å². The maximum atomic E-state index is 14.7. The molecule has 2 aromatic rings. The van der Waals surface area contributed by atoms with Crippen LogP contribution < -0.4 is 4.74 Å². The molecule has 15 heteroatoms. The molecule has 1 saturated heterocycles. The van der Waals surface area contributed by atoms with Crippen molar-refractivity contribution >= 4 is 46.4 Å². The number of rotatable bonds is 2. The molecule has 1 spiro atoms. The lowest BCUT2D eigenvalue weighted by atomic mass is 9.56. The normalized spacial score (nSPS) is 33.2. The van der Waals surface area contributed by atoms with Crippen molar-refractivity contribution in [1.29, 1.82) is 0 Å². The summed E-state index contributed by atoms with van der Waals surface area (Å²) in [4.78, 5) is 55.7. The predicted molar refractivity (Wildman–Crippen MR) is 151 cm³/mol. The van der Waals surface area contributed by atoms with Gasteiger partial charge < -0.3 is 50.0 Å². The number of hydrogen-bond acceptors (Lipinski definition) is 14.